The number of allylic oxidation sites excluding steroid dienone is 1. The van der Waals surface area contributed by atoms with Gasteiger partial charge >= 0.3 is 0 Å². The Bertz CT molecular complexity index is 1150. The van der Waals surface area contributed by atoms with E-state index in [0.29, 0.717) is 6.54 Å². The molecular formula is C25H33N3O5S. The van der Waals surface area contributed by atoms with Gasteiger partial charge in [-0.2, -0.15) is 4.31 Å². The fraction of sp³-hybridized carbons (Fsp3) is 0.440. The first-order valence-electron chi connectivity index (χ1n) is 11.3. The molecule has 1 N–H and O–H groups in total. The Morgan fingerprint density at radius 3 is 2.62 bits per heavy atom. The lowest BCUT2D eigenvalue weighted by atomic mass is 10.00. The molecule has 0 saturated heterocycles. The number of aromatic nitrogens is 1. The highest BCUT2D eigenvalue weighted by Crippen LogP contribution is 2.28. The van der Waals surface area contributed by atoms with Crippen molar-refractivity contribution in [3.63, 3.8) is 0 Å². The highest BCUT2D eigenvalue weighted by Gasteiger charge is 2.35. The van der Waals surface area contributed by atoms with Gasteiger partial charge in [0.1, 0.15) is 11.7 Å². The Balaban J connectivity index is 1.97. The van der Waals surface area contributed by atoms with Crippen LogP contribution in [-0.4, -0.2) is 72.5 Å². The van der Waals surface area contributed by atoms with E-state index in [9.17, 15) is 18.3 Å². The van der Waals surface area contributed by atoms with Crippen molar-refractivity contribution in [1.82, 2.24) is 14.2 Å². The van der Waals surface area contributed by atoms with Gasteiger partial charge in [-0.3, -0.25) is 4.79 Å². The average molecular weight is 488 g/mol. The molecule has 1 aliphatic rings. The van der Waals surface area contributed by atoms with E-state index in [1.54, 1.807) is 48.4 Å². The Morgan fingerprint density at radius 2 is 2.00 bits per heavy atom. The lowest BCUT2D eigenvalue weighted by Gasteiger charge is -2.37. The summed E-state index contributed by atoms with van der Waals surface area (Å²) in [5.41, 5.74) is 2.01. The smallest absolute Gasteiger partial charge is 0.259 e. The number of hydrogen-bond acceptors (Lipinski definition) is 6. The van der Waals surface area contributed by atoms with Crippen molar-refractivity contribution in [2.75, 3.05) is 26.7 Å². The van der Waals surface area contributed by atoms with Crippen LogP contribution in [0, 0.1) is 12.8 Å². The standard InChI is InChI=1S/C25H33N3O5S/c1-6-7-20-12-22-24(26-13-20)33-23(18(3)14-28(25(22)30)19(4)16-29)15-27(5)34(31,32)21-10-8-17(2)9-11-21/h6-13,18-19,23,29H,14-16H2,1-5H3/b7-6+/t18-,19-,23+/m0/s1. The Hall–Kier alpha value is -2.75. The number of likely N-dealkylation sites (N-methyl/N-ethyl adjacent to an activating group) is 1. The van der Waals surface area contributed by atoms with Gasteiger partial charge in [0.25, 0.3) is 5.91 Å². The zero-order chi connectivity index (χ0) is 25.0. The van der Waals surface area contributed by atoms with Gasteiger partial charge in [0.05, 0.1) is 24.1 Å². The number of sulfonamides is 1. The van der Waals surface area contributed by atoms with Crippen molar-refractivity contribution in [2.45, 2.75) is 44.7 Å². The molecular weight excluding hydrogens is 454 g/mol. The third kappa shape index (κ3) is 5.48. The molecule has 2 aromatic rings. The maximum absolute atomic E-state index is 13.4. The van der Waals surface area contributed by atoms with Crippen LogP contribution in [0.25, 0.3) is 6.08 Å². The van der Waals surface area contributed by atoms with Crippen LogP contribution in [0.4, 0.5) is 0 Å². The molecule has 2 heterocycles. The summed E-state index contributed by atoms with van der Waals surface area (Å²) in [6, 6.07) is 8.00. The number of aliphatic hydroxyl groups is 1. The summed E-state index contributed by atoms with van der Waals surface area (Å²) in [5, 5.41) is 9.76. The van der Waals surface area contributed by atoms with E-state index in [2.05, 4.69) is 4.98 Å². The number of amides is 1. The molecule has 184 valence electrons. The van der Waals surface area contributed by atoms with Crippen LogP contribution in [0.15, 0.2) is 47.5 Å². The third-order valence-corrected chi connectivity index (χ3v) is 7.91. The highest BCUT2D eigenvalue weighted by molar-refractivity contribution is 7.89. The molecule has 34 heavy (non-hydrogen) atoms. The molecule has 9 heteroatoms. The van der Waals surface area contributed by atoms with E-state index in [0.717, 1.165) is 11.1 Å². The molecule has 1 aromatic heterocycles. The van der Waals surface area contributed by atoms with Crippen LogP contribution < -0.4 is 4.74 Å². The minimum absolute atomic E-state index is 0.0741. The number of fused-ring (bicyclic) bond motifs is 1. The predicted octanol–water partition coefficient (Wildman–Crippen LogP) is 2.96. The Morgan fingerprint density at radius 1 is 1.32 bits per heavy atom. The number of hydrogen-bond donors (Lipinski definition) is 1. The second kappa shape index (κ2) is 10.7. The molecule has 0 radical (unpaired) electrons. The van der Waals surface area contributed by atoms with Gasteiger partial charge in [-0.15, -0.1) is 0 Å². The lowest BCUT2D eigenvalue weighted by Crippen LogP contribution is -2.50. The summed E-state index contributed by atoms with van der Waals surface area (Å²) in [7, 11) is -2.21. The van der Waals surface area contributed by atoms with Crippen LogP contribution in [0.3, 0.4) is 0 Å². The largest absolute Gasteiger partial charge is 0.472 e. The molecule has 3 atom stereocenters. The maximum Gasteiger partial charge on any atom is 0.259 e. The van der Waals surface area contributed by atoms with Gasteiger partial charge in [-0.25, -0.2) is 13.4 Å². The van der Waals surface area contributed by atoms with E-state index in [1.165, 1.54) is 11.4 Å². The molecule has 0 bridgehead atoms. The van der Waals surface area contributed by atoms with Gasteiger partial charge in [0.2, 0.25) is 15.9 Å². The number of carbonyl (C=O) groups is 1. The van der Waals surface area contributed by atoms with Crippen LogP contribution in [0.2, 0.25) is 0 Å². The normalized spacial score (nSPS) is 20.1. The van der Waals surface area contributed by atoms with E-state index in [1.807, 2.05) is 32.9 Å². The summed E-state index contributed by atoms with van der Waals surface area (Å²) in [4.78, 5) is 19.6. The van der Waals surface area contributed by atoms with Crippen molar-refractivity contribution in [3.8, 4) is 5.88 Å². The minimum atomic E-state index is -3.73. The van der Waals surface area contributed by atoms with Crippen molar-refractivity contribution in [1.29, 1.82) is 0 Å². The van der Waals surface area contributed by atoms with Gasteiger partial charge in [0.15, 0.2) is 0 Å². The first-order chi connectivity index (χ1) is 16.1. The number of aryl methyl sites for hydroxylation is 1. The quantitative estimate of drug-likeness (QED) is 0.645. The van der Waals surface area contributed by atoms with Gasteiger partial charge in [-0.1, -0.05) is 36.8 Å². The minimum Gasteiger partial charge on any atom is -0.472 e. The zero-order valence-electron chi connectivity index (χ0n) is 20.3. The fourth-order valence-electron chi connectivity index (χ4n) is 3.86. The fourth-order valence-corrected chi connectivity index (χ4v) is 5.04. The number of ether oxygens (including phenoxy) is 1. The van der Waals surface area contributed by atoms with Gasteiger partial charge < -0.3 is 14.7 Å². The Labute approximate surface area is 201 Å². The van der Waals surface area contributed by atoms with E-state index < -0.39 is 22.2 Å². The van der Waals surface area contributed by atoms with Crippen LogP contribution >= 0.6 is 0 Å². The molecule has 1 amide bonds. The number of aliphatic hydroxyl groups excluding tert-OH is 1. The summed E-state index contributed by atoms with van der Waals surface area (Å²) in [6.45, 7) is 7.64. The first-order valence-corrected chi connectivity index (χ1v) is 12.8. The number of pyridine rings is 1. The van der Waals surface area contributed by atoms with E-state index in [-0.39, 0.29) is 41.3 Å². The van der Waals surface area contributed by atoms with Crippen molar-refractivity contribution in [2.24, 2.45) is 5.92 Å². The second-order valence-electron chi connectivity index (χ2n) is 8.84. The van der Waals surface area contributed by atoms with Gasteiger partial charge in [-0.05, 0) is 44.5 Å². The Kier molecular flexibility index (Phi) is 8.12. The molecule has 0 unspecified atom stereocenters. The molecule has 3 rings (SSSR count). The van der Waals surface area contributed by atoms with Crippen LogP contribution in [0.1, 0.15) is 42.3 Å². The van der Waals surface area contributed by atoms with E-state index in [4.69, 9.17) is 4.74 Å². The van der Waals surface area contributed by atoms with Crippen molar-refractivity contribution in [3.05, 3.63) is 59.3 Å². The average Bonchev–Trinajstić information content (AvgIpc) is 2.81. The molecule has 8 nitrogen and oxygen atoms in total. The predicted molar refractivity (Wildman–Crippen MR) is 131 cm³/mol. The maximum atomic E-state index is 13.4. The van der Waals surface area contributed by atoms with Crippen molar-refractivity contribution >= 4 is 22.0 Å². The molecule has 1 aliphatic heterocycles. The third-order valence-electron chi connectivity index (χ3n) is 6.07. The second-order valence-corrected chi connectivity index (χ2v) is 10.9. The van der Waals surface area contributed by atoms with Gasteiger partial charge in [0, 0.05) is 25.7 Å². The van der Waals surface area contributed by atoms with E-state index >= 15 is 0 Å². The highest BCUT2D eigenvalue weighted by atomic mass is 32.2. The van der Waals surface area contributed by atoms with Crippen LogP contribution in [-0.2, 0) is 10.0 Å². The first kappa shape index (κ1) is 25.9. The SMILES string of the molecule is C/C=C/c1cnc2c(c1)C(=O)N([C@@H](C)CO)C[C@H](C)[C@@H](CN(C)S(=O)(=O)c1ccc(C)cc1)O2. The number of nitrogens with zero attached hydrogens (tertiary/aromatic N) is 3. The van der Waals surface area contributed by atoms with Crippen LogP contribution in [0.5, 0.6) is 5.88 Å². The summed E-state index contributed by atoms with van der Waals surface area (Å²) in [6.07, 6.45) is 4.73. The lowest BCUT2D eigenvalue weighted by molar-refractivity contribution is 0.0373. The monoisotopic (exact) mass is 487 g/mol. The van der Waals surface area contributed by atoms with Crippen molar-refractivity contribution < 1.29 is 23.1 Å². The summed E-state index contributed by atoms with van der Waals surface area (Å²) in [5.74, 6) is -0.341. The molecule has 0 saturated carbocycles. The molecule has 1 aromatic carbocycles. The topological polar surface area (TPSA) is 100 Å². The molecule has 0 aliphatic carbocycles. The summed E-state index contributed by atoms with van der Waals surface area (Å²) >= 11 is 0. The molecule has 0 fully saturated rings. The zero-order valence-corrected chi connectivity index (χ0v) is 21.1. The summed E-state index contributed by atoms with van der Waals surface area (Å²) < 4.78 is 33.8. The number of carbonyl (C=O) groups excluding carboxylic acids is 1. The molecule has 0 spiro atoms. The number of benzene rings is 1. The number of rotatable bonds is 7.